The van der Waals surface area contributed by atoms with Gasteiger partial charge in [0.15, 0.2) is 11.5 Å². The monoisotopic (exact) mass is 613 g/mol. The van der Waals surface area contributed by atoms with Crippen LogP contribution in [0.4, 0.5) is 29.2 Å². The molecule has 220 valence electrons. The van der Waals surface area contributed by atoms with Crippen molar-refractivity contribution in [2.45, 2.75) is 26.1 Å². The number of rotatable bonds is 8. The van der Waals surface area contributed by atoms with E-state index in [0.717, 1.165) is 22.4 Å². The lowest BCUT2D eigenvalue weighted by Crippen LogP contribution is -2.12. The smallest absolute Gasteiger partial charge is 0.435 e. The number of aromatic carboxylic acids is 1. The van der Waals surface area contributed by atoms with Crippen LogP contribution in [0.2, 0.25) is 5.02 Å². The first kappa shape index (κ1) is 29.4. The molecular formula is C28H20ClF4N7O3. The Morgan fingerprint density at radius 1 is 1.09 bits per heavy atom. The van der Waals surface area contributed by atoms with E-state index in [4.69, 9.17) is 16.3 Å². The number of carboxylic acid groups (broad SMARTS) is 1. The van der Waals surface area contributed by atoms with Gasteiger partial charge in [-0.1, -0.05) is 11.6 Å². The van der Waals surface area contributed by atoms with Crippen molar-refractivity contribution in [3.05, 3.63) is 101 Å². The SMILES string of the molecule is Cc1cc(C(F)(F)F)nn1-c1nc(Nc2ccc(F)c(Cl)c2)ncc1-c1cnc(OC(C)c2ccncc2)c(C(=O)O)c1. The number of nitrogens with one attached hydrogen (secondary N) is 1. The molecule has 1 atom stereocenters. The highest BCUT2D eigenvalue weighted by molar-refractivity contribution is 6.31. The molecule has 1 aromatic carbocycles. The van der Waals surface area contributed by atoms with Gasteiger partial charge in [0, 0.05) is 47.3 Å². The van der Waals surface area contributed by atoms with E-state index < -0.39 is 29.8 Å². The van der Waals surface area contributed by atoms with Crippen molar-refractivity contribution in [2.75, 3.05) is 5.32 Å². The Hall–Kier alpha value is -5.11. The van der Waals surface area contributed by atoms with Gasteiger partial charge in [0.2, 0.25) is 11.8 Å². The van der Waals surface area contributed by atoms with Gasteiger partial charge in [-0.05, 0) is 61.9 Å². The third-order valence-corrected chi connectivity index (χ3v) is 6.47. The topological polar surface area (TPSA) is 128 Å². The van der Waals surface area contributed by atoms with Gasteiger partial charge in [0.1, 0.15) is 17.5 Å². The number of aryl methyl sites for hydroxylation is 1. The van der Waals surface area contributed by atoms with Crippen LogP contribution in [0, 0.1) is 12.7 Å². The van der Waals surface area contributed by atoms with Crippen LogP contribution >= 0.6 is 11.6 Å². The second-order valence-electron chi connectivity index (χ2n) is 9.19. The number of hydrogen-bond acceptors (Lipinski definition) is 8. The van der Waals surface area contributed by atoms with Crippen molar-refractivity contribution in [3.63, 3.8) is 0 Å². The average molecular weight is 614 g/mol. The molecule has 0 saturated carbocycles. The first-order valence-electron chi connectivity index (χ1n) is 12.4. The predicted molar refractivity (Wildman–Crippen MR) is 147 cm³/mol. The van der Waals surface area contributed by atoms with Crippen LogP contribution in [0.15, 0.2) is 67.3 Å². The van der Waals surface area contributed by atoms with Crippen LogP contribution in [0.1, 0.15) is 40.3 Å². The molecule has 5 aromatic rings. The minimum atomic E-state index is -4.74. The number of halogens is 5. The molecule has 15 heteroatoms. The van der Waals surface area contributed by atoms with E-state index in [9.17, 15) is 27.5 Å². The average Bonchev–Trinajstić information content (AvgIpc) is 3.37. The van der Waals surface area contributed by atoms with Gasteiger partial charge in [0.25, 0.3) is 0 Å². The second kappa shape index (κ2) is 11.6. The number of benzene rings is 1. The van der Waals surface area contributed by atoms with E-state index in [0.29, 0.717) is 5.69 Å². The molecule has 4 heterocycles. The van der Waals surface area contributed by atoms with E-state index in [1.807, 2.05) is 0 Å². The molecular weight excluding hydrogens is 594 g/mol. The summed E-state index contributed by atoms with van der Waals surface area (Å²) in [6.07, 6.45) is 0.382. The van der Waals surface area contributed by atoms with Crippen molar-refractivity contribution in [1.29, 1.82) is 0 Å². The number of carbonyl (C=O) groups is 1. The first-order chi connectivity index (χ1) is 20.4. The summed E-state index contributed by atoms with van der Waals surface area (Å²) in [6.45, 7) is 3.11. The van der Waals surface area contributed by atoms with Crippen molar-refractivity contribution < 1.29 is 32.2 Å². The molecule has 0 aliphatic heterocycles. The van der Waals surface area contributed by atoms with Crippen LogP contribution in [-0.2, 0) is 6.18 Å². The Morgan fingerprint density at radius 3 is 2.49 bits per heavy atom. The molecule has 5 rings (SSSR count). The predicted octanol–water partition coefficient (Wildman–Crippen LogP) is 6.82. The van der Waals surface area contributed by atoms with Crippen molar-refractivity contribution in [3.8, 4) is 22.8 Å². The van der Waals surface area contributed by atoms with E-state index in [1.165, 1.54) is 37.5 Å². The number of anilines is 2. The van der Waals surface area contributed by atoms with E-state index in [1.54, 1.807) is 31.5 Å². The minimum absolute atomic E-state index is 0.0811. The molecule has 1 unspecified atom stereocenters. The standard InChI is InChI=1S/C28H20ClF4N7O3/c1-14-9-23(28(31,32)33)39-40(14)24-20(13-36-27(38-24)37-18-3-4-22(30)21(29)11-18)17-10-19(26(41)42)25(35-12-17)43-15(2)16-5-7-34-8-6-16/h3-13,15H,1-2H3,(H,41,42)(H,36,37,38). The molecule has 0 bridgehead atoms. The van der Waals surface area contributed by atoms with Gasteiger partial charge in [-0.2, -0.15) is 23.3 Å². The quantitative estimate of drug-likeness (QED) is 0.181. The summed E-state index contributed by atoms with van der Waals surface area (Å²) in [7, 11) is 0. The van der Waals surface area contributed by atoms with Crippen LogP contribution in [-0.4, -0.2) is 40.8 Å². The van der Waals surface area contributed by atoms with Crippen molar-refractivity contribution >= 4 is 29.2 Å². The van der Waals surface area contributed by atoms with E-state index in [2.05, 4.69) is 30.4 Å². The molecule has 0 amide bonds. The Kier molecular flexibility index (Phi) is 7.96. The molecule has 0 aliphatic rings. The molecule has 0 saturated heterocycles. The van der Waals surface area contributed by atoms with Crippen LogP contribution in [0.25, 0.3) is 16.9 Å². The lowest BCUT2D eigenvalue weighted by Gasteiger charge is -2.17. The van der Waals surface area contributed by atoms with Crippen molar-refractivity contribution in [1.82, 2.24) is 29.7 Å². The fraction of sp³-hybridized carbons (Fsp3) is 0.143. The van der Waals surface area contributed by atoms with Gasteiger partial charge in [-0.25, -0.2) is 23.8 Å². The van der Waals surface area contributed by atoms with Crippen LogP contribution < -0.4 is 10.1 Å². The summed E-state index contributed by atoms with van der Waals surface area (Å²) in [5.74, 6) is -2.38. The highest BCUT2D eigenvalue weighted by Crippen LogP contribution is 2.34. The van der Waals surface area contributed by atoms with Gasteiger partial charge in [-0.15, -0.1) is 0 Å². The lowest BCUT2D eigenvalue weighted by molar-refractivity contribution is -0.141. The van der Waals surface area contributed by atoms with Gasteiger partial charge >= 0.3 is 12.1 Å². The maximum Gasteiger partial charge on any atom is 0.435 e. The lowest BCUT2D eigenvalue weighted by atomic mass is 10.1. The van der Waals surface area contributed by atoms with Gasteiger partial charge < -0.3 is 15.2 Å². The number of carboxylic acids is 1. The first-order valence-corrected chi connectivity index (χ1v) is 12.8. The molecule has 4 aromatic heterocycles. The highest BCUT2D eigenvalue weighted by Gasteiger charge is 2.35. The number of pyridine rings is 2. The summed E-state index contributed by atoms with van der Waals surface area (Å²) >= 11 is 5.85. The van der Waals surface area contributed by atoms with Gasteiger partial charge in [0.05, 0.1) is 5.02 Å². The fourth-order valence-electron chi connectivity index (χ4n) is 4.05. The summed E-state index contributed by atoms with van der Waals surface area (Å²) in [4.78, 5) is 28.9. The molecule has 43 heavy (non-hydrogen) atoms. The fourth-order valence-corrected chi connectivity index (χ4v) is 4.23. The van der Waals surface area contributed by atoms with Crippen LogP contribution in [0.3, 0.4) is 0 Å². The third kappa shape index (κ3) is 6.38. The summed E-state index contributed by atoms with van der Waals surface area (Å²) in [5, 5.41) is 16.3. The second-order valence-corrected chi connectivity index (χ2v) is 9.59. The van der Waals surface area contributed by atoms with Crippen LogP contribution in [0.5, 0.6) is 5.88 Å². The minimum Gasteiger partial charge on any atom is -0.477 e. The number of hydrogen-bond donors (Lipinski definition) is 2. The molecule has 0 radical (unpaired) electrons. The Morgan fingerprint density at radius 2 is 1.84 bits per heavy atom. The zero-order chi connectivity index (χ0) is 30.9. The summed E-state index contributed by atoms with van der Waals surface area (Å²) < 4.78 is 60.9. The van der Waals surface area contributed by atoms with E-state index in [-0.39, 0.29) is 45.1 Å². The molecule has 0 spiro atoms. The number of nitrogens with zero attached hydrogens (tertiary/aromatic N) is 6. The summed E-state index contributed by atoms with van der Waals surface area (Å²) in [5.41, 5.74) is -0.0673. The zero-order valence-corrected chi connectivity index (χ0v) is 23.0. The normalized spacial score (nSPS) is 12.2. The molecule has 0 aliphatic carbocycles. The Balaban J connectivity index is 1.60. The molecule has 0 fully saturated rings. The number of aromatic nitrogens is 6. The Labute approximate surface area is 246 Å². The highest BCUT2D eigenvalue weighted by atomic mass is 35.5. The molecule has 2 N–H and O–H groups in total. The van der Waals surface area contributed by atoms with Crippen molar-refractivity contribution in [2.24, 2.45) is 0 Å². The third-order valence-electron chi connectivity index (χ3n) is 6.18. The Bertz CT molecular complexity index is 1820. The van der Waals surface area contributed by atoms with Gasteiger partial charge in [-0.3, -0.25) is 4.98 Å². The zero-order valence-electron chi connectivity index (χ0n) is 22.3. The maximum absolute atomic E-state index is 13.6. The summed E-state index contributed by atoms with van der Waals surface area (Å²) in [6, 6.07) is 9.28. The number of ether oxygens (including phenoxy) is 1. The number of alkyl halides is 3. The maximum atomic E-state index is 13.6. The molecule has 10 nitrogen and oxygen atoms in total. The van der Waals surface area contributed by atoms with E-state index >= 15 is 0 Å². The largest absolute Gasteiger partial charge is 0.477 e.